The molecule has 178 valence electrons. The van der Waals surface area contributed by atoms with Crippen LogP contribution < -0.4 is 4.74 Å². The summed E-state index contributed by atoms with van der Waals surface area (Å²) in [6.45, 7) is 2.95. The van der Waals surface area contributed by atoms with Gasteiger partial charge in [-0.2, -0.15) is 4.31 Å². The Kier molecular flexibility index (Phi) is 6.29. The lowest BCUT2D eigenvalue weighted by Crippen LogP contribution is -2.40. The normalized spacial score (nSPS) is 14.7. The van der Waals surface area contributed by atoms with E-state index < -0.39 is 16.0 Å². The van der Waals surface area contributed by atoms with E-state index in [9.17, 15) is 13.2 Å². The summed E-state index contributed by atoms with van der Waals surface area (Å²) in [4.78, 5) is 22.1. The van der Waals surface area contributed by atoms with Crippen LogP contribution in [0.1, 0.15) is 15.9 Å². The van der Waals surface area contributed by atoms with Gasteiger partial charge in [-0.3, -0.25) is 4.98 Å². The number of carbonyl (C=O) groups excluding carboxylic acids is 1. The number of aromatic nitrogens is 2. The summed E-state index contributed by atoms with van der Waals surface area (Å²) in [5, 5.41) is 0. The molecular weight excluding hydrogens is 466 g/mol. The van der Waals surface area contributed by atoms with E-state index in [1.165, 1.54) is 10.4 Å². The molecule has 0 N–H and O–H groups in total. The fourth-order valence-electron chi connectivity index (χ4n) is 3.91. The summed E-state index contributed by atoms with van der Waals surface area (Å²) in [5.74, 6) is -0.328. The van der Waals surface area contributed by atoms with Gasteiger partial charge < -0.3 is 9.47 Å². The van der Waals surface area contributed by atoms with Crippen molar-refractivity contribution in [2.24, 2.45) is 0 Å². The fourth-order valence-corrected chi connectivity index (χ4v) is 5.57. The van der Waals surface area contributed by atoms with Gasteiger partial charge in [0.15, 0.2) is 0 Å². The Balaban J connectivity index is 1.39. The van der Waals surface area contributed by atoms with Gasteiger partial charge in [0.1, 0.15) is 5.75 Å². The van der Waals surface area contributed by atoms with Crippen LogP contribution in [0.3, 0.4) is 0 Å². The van der Waals surface area contributed by atoms with Gasteiger partial charge in [0.25, 0.3) is 0 Å². The molecular formula is C26H23N3O5S. The minimum atomic E-state index is -3.75. The monoisotopic (exact) mass is 489 g/mol. The van der Waals surface area contributed by atoms with Crippen molar-refractivity contribution in [3.63, 3.8) is 0 Å². The number of sulfonamides is 1. The highest BCUT2D eigenvalue weighted by atomic mass is 32.2. The van der Waals surface area contributed by atoms with E-state index in [4.69, 9.17) is 9.47 Å². The number of nitrogens with zero attached hydrogens (tertiary/aromatic N) is 3. The smallest absolute Gasteiger partial charge is 0.343 e. The molecule has 1 aliphatic rings. The minimum absolute atomic E-state index is 0.0917. The molecule has 1 fully saturated rings. The van der Waals surface area contributed by atoms with Gasteiger partial charge in [0, 0.05) is 18.7 Å². The number of ether oxygens (including phenoxy) is 2. The predicted molar refractivity (Wildman–Crippen MR) is 131 cm³/mol. The highest BCUT2D eigenvalue weighted by molar-refractivity contribution is 7.89. The lowest BCUT2D eigenvalue weighted by Gasteiger charge is -2.26. The first-order chi connectivity index (χ1) is 16.9. The maximum Gasteiger partial charge on any atom is 0.343 e. The van der Waals surface area contributed by atoms with Gasteiger partial charge in [0.2, 0.25) is 10.0 Å². The van der Waals surface area contributed by atoms with Crippen molar-refractivity contribution >= 4 is 27.0 Å². The molecule has 0 spiro atoms. The van der Waals surface area contributed by atoms with Crippen molar-refractivity contribution in [2.75, 3.05) is 26.3 Å². The second-order valence-electron chi connectivity index (χ2n) is 8.16. The summed E-state index contributed by atoms with van der Waals surface area (Å²) >= 11 is 0. The Morgan fingerprint density at radius 2 is 1.74 bits per heavy atom. The molecule has 0 bridgehead atoms. The zero-order chi connectivity index (χ0) is 24.4. The molecule has 0 saturated carbocycles. The van der Waals surface area contributed by atoms with Gasteiger partial charge >= 0.3 is 5.97 Å². The molecule has 4 aromatic rings. The van der Waals surface area contributed by atoms with Gasteiger partial charge in [-0.15, -0.1) is 0 Å². The Morgan fingerprint density at radius 1 is 0.971 bits per heavy atom. The van der Waals surface area contributed by atoms with Crippen LogP contribution in [0.5, 0.6) is 5.75 Å². The molecule has 1 aliphatic heterocycles. The summed E-state index contributed by atoms with van der Waals surface area (Å²) in [6, 6.07) is 19.1. The third-order valence-corrected chi connectivity index (χ3v) is 7.84. The molecule has 0 aliphatic carbocycles. The summed E-state index contributed by atoms with van der Waals surface area (Å²) in [7, 11) is -3.75. The molecule has 0 atom stereocenters. The zero-order valence-corrected chi connectivity index (χ0v) is 19.9. The summed E-state index contributed by atoms with van der Waals surface area (Å²) in [6.07, 6.45) is 1.67. The van der Waals surface area contributed by atoms with E-state index in [-0.39, 0.29) is 23.5 Å². The van der Waals surface area contributed by atoms with Crippen LogP contribution >= 0.6 is 0 Å². The number of para-hydroxylation sites is 2. The van der Waals surface area contributed by atoms with Crippen molar-refractivity contribution in [2.45, 2.75) is 11.8 Å². The molecule has 8 nitrogen and oxygen atoms in total. The average molecular weight is 490 g/mol. The van der Waals surface area contributed by atoms with E-state index >= 15 is 0 Å². The number of hydrogen-bond acceptors (Lipinski definition) is 7. The number of fused-ring (bicyclic) bond motifs is 1. The number of aryl methyl sites for hydroxylation is 1. The Morgan fingerprint density at radius 3 is 2.54 bits per heavy atom. The molecule has 35 heavy (non-hydrogen) atoms. The topological polar surface area (TPSA) is 98.7 Å². The third-order valence-electron chi connectivity index (χ3n) is 5.80. The molecule has 9 heteroatoms. The quantitative estimate of drug-likeness (QED) is 0.310. The fraction of sp³-hybridized carbons (Fsp3) is 0.192. The molecule has 2 heterocycles. The maximum atomic E-state index is 13.1. The van der Waals surface area contributed by atoms with Crippen LogP contribution in [-0.2, 0) is 14.8 Å². The maximum absolute atomic E-state index is 13.1. The number of benzene rings is 3. The number of carbonyl (C=O) groups is 1. The van der Waals surface area contributed by atoms with Crippen LogP contribution in [-0.4, -0.2) is 55.0 Å². The Bertz CT molecular complexity index is 1510. The molecule has 5 rings (SSSR count). The van der Waals surface area contributed by atoms with Crippen LogP contribution in [0.15, 0.2) is 77.8 Å². The molecule has 1 saturated heterocycles. The van der Waals surface area contributed by atoms with Crippen molar-refractivity contribution < 1.29 is 22.7 Å². The standard InChI is InChI=1S/C26H23N3O5S/c1-18-9-10-20(16-25(18)35(31,32)29-11-13-33-14-12-29)26(30)34-21-6-4-5-19(15-21)24-17-27-22-7-2-3-8-23(22)28-24/h2-10,15-17H,11-14H2,1H3. The molecule has 1 aromatic heterocycles. The number of esters is 1. The van der Waals surface area contributed by atoms with Crippen molar-refractivity contribution in [3.05, 3.63) is 84.1 Å². The summed E-state index contributed by atoms with van der Waals surface area (Å²) in [5.41, 5.74) is 3.66. The van der Waals surface area contributed by atoms with Crippen LogP contribution in [0.4, 0.5) is 0 Å². The SMILES string of the molecule is Cc1ccc(C(=O)Oc2cccc(-c3cnc4ccccc4n3)c2)cc1S(=O)(=O)N1CCOCC1. The van der Waals surface area contributed by atoms with Gasteiger partial charge in [-0.25, -0.2) is 18.2 Å². The van der Waals surface area contributed by atoms with Crippen LogP contribution in [0.25, 0.3) is 22.3 Å². The zero-order valence-electron chi connectivity index (χ0n) is 19.0. The number of morpholine rings is 1. The minimum Gasteiger partial charge on any atom is -0.423 e. The largest absolute Gasteiger partial charge is 0.423 e. The molecule has 0 unspecified atom stereocenters. The van der Waals surface area contributed by atoms with Gasteiger partial charge in [-0.05, 0) is 48.9 Å². The lowest BCUT2D eigenvalue weighted by atomic mass is 10.1. The van der Waals surface area contributed by atoms with Gasteiger partial charge in [0.05, 0.1) is 46.6 Å². The second-order valence-corrected chi connectivity index (χ2v) is 10.1. The van der Waals surface area contributed by atoms with Crippen molar-refractivity contribution in [1.29, 1.82) is 0 Å². The third kappa shape index (κ3) is 4.79. The first kappa shape index (κ1) is 23.1. The lowest BCUT2D eigenvalue weighted by molar-refractivity contribution is 0.0727. The van der Waals surface area contributed by atoms with E-state index in [0.717, 1.165) is 16.6 Å². The highest BCUT2D eigenvalue weighted by Crippen LogP contribution is 2.26. The predicted octanol–water partition coefficient (Wildman–Crippen LogP) is 3.85. The number of rotatable bonds is 5. The van der Waals surface area contributed by atoms with E-state index in [0.29, 0.717) is 30.2 Å². The van der Waals surface area contributed by atoms with Crippen molar-refractivity contribution in [3.8, 4) is 17.0 Å². The molecule has 0 amide bonds. The molecule has 0 radical (unpaired) electrons. The van der Waals surface area contributed by atoms with E-state index in [2.05, 4.69) is 9.97 Å². The first-order valence-corrected chi connectivity index (χ1v) is 12.6. The highest BCUT2D eigenvalue weighted by Gasteiger charge is 2.28. The van der Waals surface area contributed by atoms with Gasteiger partial charge in [-0.1, -0.05) is 30.3 Å². The van der Waals surface area contributed by atoms with Crippen molar-refractivity contribution in [1.82, 2.24) is 14.3 Å². The first-order valence-electron chi connectivity index (χ1n) is 11.1. The van der Waals surface area contributed by atoms with E-state index in [1.807, 2.05) is 30.3 Å². The van der Waals surface area contributed by atoms with Crippen LogP contribution in [0, 0.1) is 6.92 Å². The number of hydrogen-bond donors (Lipinski definition) is 0. The second kappa shape index (κ2) is 9.53. The average Bonchev–Trinajstić information content (AvgIpc) is 2.89. The Labute approximate surface area is 203 Å². The Hall–Kier alpha value is -3.66. The molecule has 3 aromatic carbocycles. The van der Waals surface area contributed by atoms with E-state index in [1.54, 1.807) is 43.5 Å². The summed E-state index contributed by atoms with van der Waals surface area (Å²) < 4.78 is 38.5. The van der Waals surface area contributed by atoms with Crippen LogP contribution in [0.2, 0.25) is 0 Å².